The number of benzene rings is 8. The summed E-state index contributed by atoms with van der Waals surface area (Å²) < 4.78 is 6.54. The molecule has 2 aliphatic carbocycles. The van der Waals surface area contributed by atoms with Crippen molar-refractivity contribution in [1.82, 2.24) is 0 Å². The molecule has 0 atom stereocenters. The van der Waals surface area contributed by atoms with Crippen LogP contribution in [0, 0.1) is 6.92 Å². The lowest BCUT2D eigenvalue weighted by Crippen LogP contribution is -2.29. The lowest BCUT2D eigenvalue weighted by atomic mass is 9.67. The first-order valence-electron chi connectivity index (χ1n) is 19.3. The zero-order chi connectivity index (χ0) is 35.8. The molecule has 9 aromatic rings. The molecule has 0 radical (unpaired) electrons. The van der Waals surface area contributed by atoms with Gasteiger partial charge < -0.3 is 9.32 Å². The number of nitrogens with zero attached hydrogens (tertiary/aromatic N) is 1. The fourth-order valence-corrected chi connectivity index (χ4v) is 9.83. The Labute approximate surface area is 315 Å². The Balaban J connectivity index is 1.31. The molecule has 0 amide bonds. The minimum Gasteiger partial charge on any atom is -0.456 e. The number of aryl methyl sites for hydroxylation is 3. The lowest BCUT2D eigenvalue weighted by molar-refractivity contribution is 0.669. The van der Waals surface area contributed by atoms with E-state index in [9.17, 15) is 0 Å². The molecule has 258 valence electrons. The number of hydrogen-bond donors (Lipinski definition) is 0. The maximum atomic E-state index is 6.54. The van der Waals surface area contributed by atoms with Gasteiger partial charge in [-0.3, -0.25) is 0 Å². The molecule has 0 fully saturated rings. The van der Waals surface area contributed by atoms with E-state index in [1.165, 1.54) is 85.1 Å². The number of rotatable bonds is 5. The van der Waals surface area contributed by atoms with Crippen LogP contribution in [0.1, 0.15) is 51.8 Å². The molecule has 2 heteroatoms. The van der Waals surface area contributed by atoms with E-state index in [2.05, 4.69) is 182 Å². The summed E-state index contributed by atoms with van der Waals surface area (Å²) in [5.74, 6) is 0. The van der Waals surface area contributed by atoms with Crippen molar-refractivity contribution in [3.05, 3.63) is 209 Å². The third kappa shape index (κ3) is 4.47. The normalized spacial score (nSPS) is 14.2. The van der Waals surface area contributed by atoms with E-state index in [0.29, 0.717) is 0 Å². The van der Waals surface area contributed by atoms with Crippen LogP contribution in [0.25, 0.3) is 43.8 Å². The molecule has 2 aliphatic rings. The van der Waals surface area contributed by atoms with Gasteiger partial charge in [-0.2, -0.15) is 0 Å². The number of fused-ring (bicyclic) bond motifs is 9. The highest BCUT2D eigenvalue weighted by molar-refractivity contribution is 6.16. The van der Waals surface area contributed by atoms with E-state index in [1.54, 1.807) is 0 Å². The smallest absolute Gasteiger partial charge is 0.137 e. The summed E-state index contributed by atoms with van der Waals surface area (Å²) in [4.78, 5) is 2.54. The van der Waals surface area contributed by atoms with E-state index >= 15 is 0 Å². The molecule has 0 saturated heterocycles. The molecule has 1 heterocycles. The van der Waals surface area contributed by atoms with Crippen molar-refractivity contribution in [2.75, 3.05) is 4.90 Å². The second-order valence-corrected chi connectivity index (χ2v) is 15.1. The quantitative estimate of drug-likeness (QED) is 0.178. The molecular weight excluding hydrogens is 655 g/mol. The van der Waals surface area contributed by atoms with Gasteiger partial charge in [-0.1, -0.05) is 139 Å². The molecule has 8 aromatic carbocycles. The Kier molecular flexibility index (Phi) is 6.97. The number of para-hydroxylation sites is 1. The van der Waals surface area contributed by atoms with Gasteiger partial charge >= 0.3 is 0 Å². The molecule has 0 unspecified atom stereocenters. The Hall–Kier alpha value is -6.38. The van der Waals surface area contributed by atoms with Crippen molar-refractivity contribution in [3.63, 3.8) is 0 Å². The topological polar surface area (TPSA) is 16.4 Å². The van der Waals surface area contributed by atoms with E-state index in [1.807, 2.05) is 0 Å². The summed E-state index contributed by atoms with van der Waals surface area (Å²) >= 11 is 0. The van der Waals surface area contributed by atoms with E-state index in [0.717, 1.165) is 40.5 Å². The van der Waals surface area contributed by atoms with E-state index in [4.69, 9.17) is 4.42 Å². The van der Waals surface area contributed by atoms with Gasteiger partial charge in [0.1, 0.15) is 11.2 Å². The maximum Gasteiger partial charge on any atom is 0.137 e. The molecule has 54 heavy (non-hydrogen) atoms. The number of anilines is 3. The van der Waals surface area contributed by atoms with Gasteiger partial charge in [0.25, 0.3) is 0 Å². The first-order valence-corrected chi connectivity index (χ1v) is 19.3. The van der Waals surface area contributed by atoms with Crippen LogP contribution in [0.4, 0.5) is 17.1 Å². The standard InChI is InChI=1S/C52H39NO/c1-34-27-30-42-44(31-34)52(37-17-4-2-5-18-37,38-19-6-3-7-20-38)45-33-47(40-21-10-11-22-41(40)50(42)45)53(39-29-28-35-15-8-9-16-36(35)32-39)46-24-14-26-49-51(46)43-23-12-13-25-48(43)54-49/h2-7,10-14,17-33H,8-9,15-16H2,1H3. The molecule has 2 nitrogen and oxygen atoms in total. The molecular formula is C52H39NO. The van der Waals surface area contributed by atoms with Crippen molar-refractivity contribution < 1.29 is 4.42 Å². The Morgan fingerprint density at radius 1 is 0.500 bits per heavy atom. The fraction of sp³-hybridized carbons (Fsp3) is 0.115. The average molecular weight is 694 g/mol. The summed E-state index contributed by atoms with van der Waals surface area (Å²) in [6, 6.07) is 63.2. The summed E-state index contributed by atoms with van der Waals surface area (Å²) in [7, 11) is 0. The first-order chi connectivity index (χ1) is 26.7. The molecule has 0 spiro atoms. The first kappa shape index (κ1) is 31.2. The van der Waals surface area contributed by atoms with Crippen molar-refractivity contribution in [2.24, 2.45) is 0 Å². The van der Waals surface area contributed by atoms with Gasteiger partial charge in [0, 0.05) is 16.5 Å². The lowest BCUT2D eigenvalue weighted by Gasteiger charge is -2.35. The van der Waals surface area contributed by atoms with Crippen LogP contribution < -0.4 is 4.90 Å². The van der Waals surface area contributed by atoms with Crippen LogP contribution in [-0.2, 0) is 18.3 Å². The van der Waals surface area contributed by atoms with Gasteiger partial charge in [-0.05, 0) is 119 Å². The molecule has 0 N–H and O–H groups in total. The van der Waals surface area contributed by atoms with Crippen LogP contribution >= 0.6 is 0 Å². The van der Waals surface area contributed by atoms with E-state index < -0.39 is 5.41 Å². The van der Waals surface area contributed by atoms with Crippen molar-refractivity contribution in [2.45, 2.75) is 38.0 Å². The van der Waals surface area contributed by atoms with E-state index in [-0.39, 0.29) is 0 Å². The van der Waals surface area contributed by atoms with Crippen LogP contribution in [-0.4, -0.2) is 0 Å². The molecule has 0 bridgehead atoms. The summed E-state index contributed by atoms with van der Waals surface area (Å²) in [6.45, 7) is 2.22. The molecule has 11 rings (SSSR count). The van der Waals surface area contributed by atoms with Gasteiger partial charge in [0.15, 0.2) is 0 Å². The molecule has 0 saturated carbocycles. The van der Waals surface area contributed by atoms with Crippen molar-refractivity contribution >= 4 is 49.8 Å². The van der Waals surface area contributed by atoms with Crippen molar-refractivity contribution in [1.29, 1.82) is 0 Å². The predicted octanol–water partition coefficient (Wildman–Crippen LogP) is 13.8. The average Bonchev–Trinajstić information content (AvgIpc) is 3.75. The minimum atomic E-state index is -0.534. The Morgan fingerprint density at radius 2 is 1.17 bits per heavy atom. The second kappa shape index (κ2) is 12.1. The third-order valence-electron chi connectivity index (χ3n) is 12.1. The maximum absolute atomic E-state index is 6.54. The Bertz CT molecular complexity index is 2860. The summed E-state index contributed by atoms with van der Waals surface area (Å²) in [5.41, 5.74) is 16.7. The highest BCUT2D eigenvalue weighted by Gasteiger charge is 2.47. The van der Waals surface area contributed by atoms with Crippen LogP contribution in [0.15, 0.2) is 174 Å². The summed E-state index contributed by atoms with van der Waals surface area (Å²) in [5, 5.41) is 4.74. The molecule has 1 aromatic heterocycles. The zero-order valence-corrected chi connectivity index (χ0v) is 30.3. The van der Waals surface area contributed by atoms with Gasteiger partial charge in [0.2, 0.25) is 0 Å². The van der Waals surface area contributed by atoms with Gasteiger partial charge in [-0.25, -0.2) is 0 Å². The van der Waals surface area contributed by atoms with Crippen molar-refractivity contribution in [3.8, 4) is 11.1 Å². The Morgan fingerprint density at radius 3 is 1.94 bits per heavy atom. The van der Waals surface area contributed by atoms with Crippen LogP contribution in [0.5, 0.6) is 0 Å². The largest absolute Gasteiger partial charge is 0.456 e. The highest BCUT2D eigenvalue weighted by atomic mass is 16.3. The fourth-order valence-electron chi connectivity index (χ4n) is 9.83. The van der Waals surface area contributed by atoms with Crippen LogP contribution in [0.2, 0.25) is 0 Å². The summed E-state index contributed by atoms with van der Waals surface area (Å²) in [6.07, 6.45) is 4.75. The number of hydrogen-bond acceptors (Lipinski definition) is 2. The zero-order valence-electron chi connectivity index (χ0n) is 30.3. The second-order valence-electron chi connectivity index (χ2n) is 15.1. The molecule has 0 aliphatic heterocycles. The van der Waals surface area contributed by atoms with Crippen LogP contribution in [0.3, 0.4) is 0 Å². The SMILES string of the molecule is Cc1ccc2c(c1)C(c1ccccc1)(c1ccccc1)c1cc(N(c3ccc4c(c3)CCCC4)c3cccc4oc5ccccc5c34)c3ccccc3c1-2. The highest BCUT2D eigenvalue weighted by Crippen LogP contribution is 2.60. The third-order valence-corrected chi connectivity index (χ3v) is 12.1. The minimum absolute atomic E-state index is 0.534. The van der Waals surface area contributed by atoms with Gasteiger partial charge in [0.05, 0.1) is 22.2 Å². The predicted molar refractivity (Wildman–Crippen MR) is 225 cm³/mol. The number of furan rings is 1. The van der Waals surface area contributed by atoms with Gasteiger partial charge in [-0.15, -0.1) is 0 Å². The monoisotopic (exact) mass is 693 g/mol.